The molecule has 4 fully saturated rings. The van der Waals surface area contributed by atoms with Gasteiger partial charge in [0.15, 0.2) is 17.7 Å². The summed E-state index contributed by atoms with van der Waals surface area (Å²) in [4.78, 5) is 63.7. The average Bonchev–Trinajstić information content (AvgIpc) is 3.59. The van der Waals surface area contributed by atoms with Crippen LogP contribution in [0.2, 0.25) is 0 Å². The maximum Gasteiger partial charge on any atom is 0.319 e. The lowest BCUT2D eigenvalue weighted by molar-refractivity contribution is -0.166. The maximum absolute atomic E-state index is 14.1. The molecule has 9 heteroatoms. The van der Waals surface area contributed by atoms with E-state index in [-0.39, 0.29) is 64.0 Å². The van der Waals surface area contributed by atoms with Gasteiger partial charge in [0.2, 0.25) is 0 Å². The SMILES string of the molecule is C=C(C(=O)[C@H](OC(C)=O)[C@@H](C)[C@H]1[C@@H](OC(C)=O)C[C@@]2(C)[C@@H]3CC[C@H]4[C@H](C)C(=O)C=C[C@@]45C[C@@]35CC[C@]12C)[C@@H](C)COC(=O)CNC. The lowest BCUT2D eigenvalue weighted by Gasteiger charge is -2.61. The van der Waals surface area contributed by atoms with Gasteiger partial charge in [-0.25, -0.2) is 0 Å². The Labute approximate surface area is 273 Å². The van der Waals surface area contributed by atoms with Gasteiger partial charge in [-0.3, -0.25) is 24.0 Å². The van der Waals surface area contributed by atoms with E-state index in [0.29, 0.717) is 18.3 Å². The fourth-order valence-electron chi connectivity index (χ4n) is 11.4. The molecule has 0 aromatic carbocycles. The summed E-state index contributed by atoms with van der Waals surface area (Å²) in [6.45, 7) is 17.2. The molecular formula is C37H53NO8. The van der Waals surface area contributed by atoms with Crippen LogP contribution in [0.4, 0.5) is 0 Å². The van der Waals surface area contributed by atoms with Crippen molar-refractivity contribution in [2.24, 2.45) is 57.2 Å². The molecule has 254 valence electrons. The molecule has 4 saturated carbocycles. The Morgan fingerprint density at radius 1 is 1.07 bits per heavy atom. The Balaban J connectivity index is 1.46. The first-order chi connectivity index (χ1) is 21.5. The summed E-state index contributed by atoms with van der Waals surface area (Å²) in [5.41, 5.74) is -0.123. The molecule has 46 heavy (non-hydrogen) atoms. The number of esters is 3. The van der Waals surface area contributed by atoms with Gasteiger partial charge in [0.1, 0.15) is 6.10 Å². The number of allylic oxidation sites excluding steroid dienone is 2. The van der Waals surface area contributed by atoms with E-state index in [1.807, 2.05) is 13.0 Å². The number of hydrogen-bond donors (Lipinski definition) is 1. The van der Waals surface area contributed by atoms with E-state index < -0.39 is 41.8 Å². The molecule has 9 nitrogen and oxygen atoms in total. The molecule has 12 atom stereocenters. The molecule has 0 unspecified atom stereocenters. The first-order valence-corrected chi connectivity index (χ1v) is 17.1. The molecule has 0 radical (unpaired) electrons. The first-order valence-electron chi connectivity index (χ1n) is 17.1. The highest BCUT2D eigenvalue weighted by Gasteiger charge is 2.81. The fourth-order valence-corrected chi connectivity index (χ4v) is 11.4. The Hall–Kier alpha value is -2.81. The summed E-state index contributed by atoms with van der Waals surface area (Å²) < 4.78 is 17.2. The molecule has 0 aromatic heterocycles. The third-order valence-electron chi connectivity index (χ3n) is 13.7. The monoisotopic (exact) mass is 639 g/mol. The lowest BCUT2D eigenvalue weighted by Crippen LogP contribution is -2.56. The minimum absolute atomic E-state index is 0.0211. The van der Waals surface area contributed by atoms with Gasteiger partial charge in [-0.1, -0.05) is 47.3 Å². The summed E-state index contributed by atoms with van der Waals surface area (Å²) in [6, 6.07) is 0. The van der Waals surface area contributed by atoms with Gasteiger partial charge in [0.25, 0.3) is 0 Å². The summed E-state index contributed by atoms with van der Waals surface area (Å²) >= 11 is 0. The van der Waals surface area contributed by atoms with E-state index in [9.17, 15) is 24.0 Å². The van der Waals surface area contributed by atoms with Crippen molar-refractivity contribution in [3.05, 3.63) is 24.3 Å². The Morgan fingerprint density at radius 3 is 2.39 bits per heavy atom. The van der Waals surface area contributed by atoms with Crippen LogP contribution >= 0.6 is 0 Å². The highest BCUT2D eigenvalue weighted by Crippen LogP contribution is 2.87. The van der Waals surface area contributed by atoms with E-state index in [2.05, 4.69) is 38.7 Å². The van der Waals surface area contributed by atoms with Crippen LogP contribution in [-0.2, 0) is 38.2 Å². The van der Waals surface area contributed by atoms with Crippen LogP contribution in [0.1, 0.15) is 87.0 Å². The van der Waals surface area contributed by atoms with Crippen LogP contribution in [-0.4, -0.2) is 61.9 Å². The Morgan fingerprint density at radius 2 is 1.76 bits per heavy atom. The van der Waals surface area contributed by atoms with Crippen molar-refractivity contribution in [3.63, 3.8) is 0 Å². The number of carbonyl (C=O) groups is 5. The topological polar surface area (TPSA) is 125 Å². The number of fused-ring (bicyclic) bond motifs is 2. The third-order valence-corrected chi connectivity index (χ3v) is 13.7. The van der Waals surface area contributed by atoms with E-state index in [0.717, 1.165) is 32.1 Å². The zero-order valence-electron chi connectivity index (χ0n) is 28.9. The largest absolute Gasteiger partial charge is 0.464 e. The van der Waals surface area contributed by atoms with Crippen molar-refractivity contribution in [1.29, 1.82) is 0 Å². The number of nitrogens with one attached hydrogen (secondary N) is 1. The second-order valence-electron chi connectivity index (χ2n) is 15.7. The van der Waals surface area contributed by atoms with Crippen molar-refractivity contribution >= 4 is 29.5 Å². The molecule has 0 saturated heterocycles. The van der Waals surface area contributed by atoms with Crippen LogP contribution in [0.15, 0.2) is 24.3 Å². The van der Waals surface area contributed by atoms with E-state index in [1.54, 1.807) is 14.0 Å². The van der Waals surface area contributed by atoms with Gasteiger partial charge >= 0.3 is 17.9 Å². The molecule has 0 aliphatic heterocycles. The van der Waals surface area contributed by atoms with Crippen molar-refractivity contribution in [2.75, 3.05) is 20.2 Å². The summed E-state index contributed by atoms with van der Waals surface area (Å²) in [7, 11) is 1.64. The predicted molar refractivity (Wildman–Crippen MR) is 171 cm³/mol. The molecule has 1 N–H and O–H groups in total. The van der Waals surface area contributed by atoms with E-state index in [4.69, 9.17) is 14.2 Å². The molecule has 5 aliphatic rings. The van der Waals surface area contributed by atoms with Gasteiger partial charge in [-0.2, -0.15) is 0 Å². The van der Waals surface area contributed by atoms with Gasteiger partial charge in [0, 0.05) is 37.5 Å². The molecule has 5 aliphatic carbocycles. The van der Waals surface area contributed by atoms with Crippen molar-refractivity contribution in [3.8, 4) is 0 Å². The highest BCUT2D eigenvalue weighted by atomic mass is 16.6. The van der Waals surface area contributed by atoms with Crippen molar-refractivity contribution < 1.29 is 38.2 Å². The average molecular weight is 640 g/mol. The van der Waals surface area contributed by atoms with Crippen LogP contribution < -0.4 is 5.32 Å². The zero-order chi connectivity index (χ0) is 34.0. The number of carbonyl (C=O) groups excluding carboxylic acids is 5. The number of ether oxygens (including phenoxy) is 3. The smallest absolute Gasteiger partial charge is 0.319 e. The van der Waals surface area contributed by atoms with Gasteiger partial charge < -0.3 is 19.5 Å². The van der Waals surface area contributed by atoms with Gasteiger partial charge in [0.05, 0.1) is 13.2 Å². The Bertz CT molecular complexity index is 1350. The normalized spacial score (nSPS) is 40.6. The van der Waals surface area contributed by atoms with Crippen LogP contribution in [0.3, 0.4) is 0 Å². The van der Waals surface area contributed by atoms with Gasteiger partial charge in [-0.15, -0.1) is 0 Å². The lowest BCUT2D eigenvalue weighted by atomic mass is 9.43. The van der Waals surface area contributed by atoms with Crippen molar-refractivity contribution in [1.82, 2.24) is 5.32 Å². The molecular weight excluding hydrogens is 586 g/mol. The second kappa shape index (κ2) is 12.0. The summed E-state index contributed by atoms with van der Waals surface area (Å²) in [5, 5.41) is 2.74. The number of Topliss-reactive ketones (excluding diaryl/α,β-unsaturated/α-hetero) is 1. The number of ketones is 2. The minimum Gasteiger partial charge on any atom is -0.464 e. The summed E-state index contributed by atoms with van der Waals surface area (Å²) in [5.74, 6) is -1.98. The molecule has 0 bridgehead atoms. The van der Waals surface area contributed by atoms with E-state index >= 15 is 0 Å². The van der Waals surface area contributed by atoms with Crippen LogP contribution in [0.25, 0.3) is 0 Å². The predicted octanol–water partition coefficient (Wildman–Crippen LogP) is 5.01. The van der Waals surface area contributed by atoms with Crippen LogP contribution in [0.5, 0.6) is 0 Å². The molecule has 2 spiro atoms. The molecule has 0 aromatic rings. The van der Waals surface area contributed by atoms with E-state index in [1.165, 1.54) is 13.8 Å². The standard InChI is InChI=1S/C37H53NO8/c1-20(18-44-30(42)17-38-9)21(2)32(43)33(46-25(6)40)23(4)31-28(45-24(5)39)16-35(8)29-11-10-26-22(3)27(41)12-13-36(26)19-37(29,36)15-14-34(31,35)7/h12-13,20,22-23,26,28-29,31,33,38H,2,10-11,14-19H2,1,3-9H3/t20-,22-,23-,26-,28-,29-,31-,33+,34+,35-,36+,37-/m0/s1. The third kappa shape index (κ3) is 5.10. The summed E-state index contributed by atoms with van der Waals surface area (Å²) in [6.07, 6.45) is 8.18. The Kier molecular flexibility index (Phi) is 9.02. The van der Waals surface area contributed by atoms with Gasteiger partial charge in [-0.05, 0) is 90.7 Å². The number of hydrogen-bond acceptors (Lipinski definition) is 9. The molecule has 0 heterocycles. The quantitative estimate of drug-likeness (QED) is 0.189. The fraction of sp³-hybridized carbons (Fsp3) is 0.757. The van der Waals surface area contributed by atoms with Crippen molar-refractivity contribution in [2.45, 2.75) is 99.2 Å². The minimum atomic E-state index is -1.13. The zero-order valence-corrected chi connectivity index (χ0v) is 28.9. The number of rotatable bonds is 11. The number of likely N-dealkylation sites (N-methyl/N-ethyl adjacent to an activating group) is 1. The molecule has 5 rings (SSSR count). The van der Waals surface area contributed by atoms with Crippen LogP contribution in [0, 0.1) is 57.2 Å². The molecule has 0 amide bonds. The highest BCUT2D eigenvalue weighted by molar-refractivity contribution is 6.00. The second-order valence-corrected chi connectivity index (χ2v) is 15.7. The maximum atomic E-state index is 14.1. The first kappa shape index (κ1) is 34.5.